The van der Waals surface area contributed by atoms with Gasteiger partial charge in [0.1, 0.15) is 0 Å². The van der Waals surface area contributed by atoms with Crippen molar-refractivity contribution in [1.82, 2.24) is 0 Å². The smallest absolute Gasteiger partial charge is 0.0286 e. The van der Waals surface area contributed by atoms with Gasteiger partial charge in [0, 0.05) is 15.3 Å². The normalized spacial score (nSPS) is 26.9. The Labute approximate surface area is 110 Å². The maximum atomic E-state index is 6.35. The van der Waals surface area contributed by atoms with E-state index < -0.39 is 0 Å². The van der Waals surface area contributed by atoms with Crippen molar-refractivity contribution < 1.29 is 0 Å². The highest BCUT2D eigenvalue weighted by molar-refractivity contribution is 9.10. The van der Waals surface area contributed by atoms with Crippen molar-refractivity contribution in [2.75, 3.05) is 5.75 Å². The lowest BCUT2D eigenvalue weighted by Crippen LogP contribution is -2.42. The van der Waals surface area contributed by atoms with E-state index in [1.165, 1.54) is 24.2 Å². The van der Waals surface area contributed by atoms with Gasteiger partial charge in [-0.05, 0) is 49.6 Å². The van der Waals surface area contributed by atoms with Crippen LogP contribution in [0, 0.1) is 0 Å². The first-order valence-electron chi connectivity index (χ1n) is 5.74. The van der Waals surface area contributed by atoms with Crippen molar-refractivity contribution in [3.8, 4) is 0 Å². The van der Waals surface area contributed by atoms with E-state index in [-0.39, 0.29) is 10.8 Å². The standard InChI is InChI=1S/C13H18BrNS/c1-13(7-2-8-16-13)12(15)9-10-3-5-11(14)6-4-10/h3-6,12H,2,7-9,15H2,1H3. The predicted octanol–water partition coefficient (Wildman–Crippen LogP) is 3.60. The Morgan fingerprint density at radius 1 is 1.44 bits per heavy atom. The van der Waals surface area contributed by atoms with Gasteiger partial charge in [-0.15, -0.1) is 0 Å². The minimum atomic E-state index is 0.265. The zero-order valence-electron chi connectivity index (χ0n) is 9.58. The van der Waals surface area contributed by atoms with Crippen LogP contribution in [0.2, 0.25) is 0 Å². The topological polar surface area (TPSA) is 26.0 Å². The van der Waals surface area contributed by atoms with Gasteiger partial charge in [0.15, 0.2) is 0 Å². The highest BCUT2D eigenvalue weighted by Gasteiger charge is 2.35. The molecule has 1 aliphatic heterocycles. The third-order valence-corrected chi connectivity index (χ3v) is 5.59. The predicted molar refractivity (Wildman–Crippen MR) is 75.9 cm³/mol. The molecule has 1 saturated heterocycles. The Balaban J connectivity index is 2.01. The van der Waals surface area contributed by atoms with E-state index >= 15 is 0 Å². The molecule has 0 aliphatic carbocycles. The van der Waals surface area contributed by atoms with Crippen molar-refractivity contribution >= 4 is 27.7 Å². The van der Waals surface area contributed by atoms with Crippen LogP contribution in [-0.2, 0) is 6.42 Å². The van der Waals surface area contributed by atoms with Gasteiger partial charge in [-0.3, -0.25) is 0 Å². The Kier molecular flexibility index (Phi) is 3.98. The Hall–Kier alpha value is 0.01000. The fourth-order valence-corrected chi connectivity index (χ4v) is 3.79. The van der Waals surface area contributed by atoms with Crippen LogP contribution >= 0.6 is 27.7 Å². The van der Waals surface area contributed by atoms with Crippen LogP contribution in [-0.4, -0.2) is 16.5 Å². The van der Waals surface area contributed by atoms with E-state index in [0.717, 1.165) is 10.9 Å². The molecule has 0 radical (unpaired) electrons. The minimum Gasteiger partial charge on any atom is -0.326 e. The average molecular weight is 300 g/mol. The van der Waals surface area contributed by atoms with Crippen LogP contribution in [0.4, 0.5) is 0 Å². The molecule has 0 saturated carbocycles. The zero-order valence-corrected chi connectivity index (χ0v) is 12.0. The highest BCUT2D eigenvalue weighted by atomic mass is 79.9. The van der Waals surface area contributed by atoms with Crippen LogP contribution in [0.3, 0.4) is 0 Å². The van der Waals surface area contributed by atoms with Crippen LogP contribution in [0.5, 0.6) is 0 Å². The van der Waals surface area contributed by atoms with Gasteiger partial charge in [0.05, 0.1) is 0 Å². The summed E-state index contributed by atoms with van der Waals surface area (Å²) in [5.74, 6) is 1.27. The molecule has 0 amide bonds. The monoisotopic (exact) mass is 299 g/mol. The fourth-order valence-electron chi connectivity index (χ4n) is 2.18. The van der Waals surface area contributed by atoms with Gasteiger partial charge in [0.2, 0.25) is 0 Å². The lowest BCUT2D eigenvalue weighted by atomic mass is 9.92. The molecule has 3 heteroatoms. The molecule has 0 bridgehead atoms. The molecule has 1 aliphatic rings. The van der Waals surface area contributed by atoms with Gasteiger partial charge in [-0.1, -0.05) is 28.1 Å². The van der Waals surface area contributed by atoms with Crippen molar-refractivity contribution in [1.29, 1.82) is 0 Å². The summed E-state index contributed by atoms with van der Waals surface area (Å²) in [6.45, 7) is 2.31. The summed E-state index contributed by atoms with van der Waals surface area (Å²) < 4.78 is 1.42. The van der Waals surface area contributed by atoms with Gasteiger partial charge >= 0.3 is 0 Å². The fraction of sp³-hybridized carbons (Fsp3) is 0.538. The summed E-state index contributed by atoms with van der Waals surface area (Å²) >= 11 is 5.49. The first-order chi connectivity index (χ1) is 7.60. The Morgan fingerprint density at radius 3 is 2.69 bits per heavy atom. The van der Waals surface area contributed by atoms with Gasteiger partial charge in [-0.2, -0.15) is 11.8 Å². The molecular formula is C13H18BrNS. The molecule has 1 aromatic carbocycles. The van der Waals surface area contributed by atoms with E-state index in [4.69, 9.17) is 5.73 Å². The number of hydrogen-bond donors (Lipinski definition) is 1. The van der Waals surface area contributed by atoms with Crippen molar-refractivity contribution in [2.45, 2.75) is 37.0 Å². The maximum absolute atomic E-state index is 6.35. The molecule has 88 valence electrons. The minimum absolute atomic E-state index is 0.265. The molecule has 1 aromatic rings. The van der Waals surface area contributed by atoms with Gasteiger partial charge < -0.3 is 5.73 Å². The summed E-state index contributed by atoms with van der Waals surface area (Å²) in [5.41, 5.74) is 7.69. The molecule has 2 rings (SSSR count). The van der Waals surface area contributed by atoms with Crippen molar-refractivity contribution in [3.63, 3.8) is 0 Å². The maximum Gasteiger partial charge on any atom is 0.0286 e. The largest absolute Gasteiger partial charge is 0.326 e. The van der Waals surface area contributed by atoms with Gasteiger partial charge in [-0.25, -0.2) is 0 Å². The molecule has 2 unspecified atom stereocenters. The summed E-state index contributed by atoms with van der Waals surface area (Å²) in [4.78, 5) is 0. The van der Waals surface area contributed by atoms with E-state index in [0.29, 0.717) is 0 Å². The van der Waals surface area contributed by atoms with E-state index in [1.54, 1.807) is 0 Å². The third kappa shape index (κ3) is 2.82. The lowest BCUT2D eigenvalue weighted by molar-refractivity contribution is 0.482. The van der Waals surface area contributed by atoms with Crippen LogP contribution in [0.1, 0.15) is 25.3 Å². The first kappa shape index (κ1) is 12.5. The van der Waals surface area contributed by atoms with E-state index in [1.807, 2.05) is 11.8 Å². The second-order valence-corrected chi connectivity index (χ2v) is 7.25. The average Bonchev–Trinajstić information content (AvgIpc) is 2.70. The molecule has 0 aromatic heterocycles. The molecule has 0 spiro atoms. The number of halogens is 1. The second kappa shape index (κ2) is 5.11. The Bertz CT molecular complexity index is 343. The molecule has 1 heterocycles. The molecular weight excluding hydrogens is 282 g/mol. The molecule has 2 N–H and O–H groups in total. The summed E-state index contributed by atoms with van der Waals surface area (Å²) in [7, 11) is 0. The third-order valence-electron chi connectivity index (χ3n) is 3.40. The van der Waals surface area contributed by atoms with Crippen molar-refractivity contribution in [3.05, 3.63) is 34.3 Å². The molecule has 1 nitrogen and oxygen atoms in total. The number of thioether (sulfide) groups is 1. The summed E-state index contributed by atoms with van der Waals surface area (Å²) in [5, 5.41) is 0. The second-order valence-electron chi connectivity index (χ2n) is 4.70. The molecule has 2 atom stereocenters. The summed E-state index contributed by atoms with van der Waals surface area (Å²) in [6, 6.07) is 8.76. The quantitative estimate of drug-likeness (QED) is 0.923. The molecule has 16 heavy (non-hydrogen) atoms. The highest BCUT2D eigenvalue weighted by Crippen LogP contribution is 2.40. The van der Waals surface area contributed by atoms with Crippen molar-refractivity contribution in [2.24, 2.45) is 5.73 Å². The lowest BCUT2D eigenvalue weighted by Gasteiger charge is -2.30. The van der Waals surface area contributed by atoms with E-state index in [9.17, 15) is 0 Å². The number of hydrogen-bond acceptors (Lipinski definition) is 2. The van der Waals surface area contributed by atoms with Gasteiger partial charge in [0.25, 0.3) is 0 Å². The van der Waals surface area contributed by atoms with E-state index in [2.05, 4.69) is 47.1 Å². The zero-order chi connectivity index (χ0) is 11.6. The first-order valence-corrected chi connectivity index (χ1v) is 7.52. The number of rotatable bonds is 3. The summed E-state index contributed by atoms with van der Waals surface area (Å²) in [6.07, 6.45) is 3.56. The van der Waals surface area contributed by atoms with Crippen LogP contribution in [0.15, 0.2) is 28.7 Å². The number of nitrogens with two attached hydrogens (primary N) is 1. The Morgan fingerprint density at radius 2 is 2.12 bits per heavy atom. The molecule has 1 fully saturated rings. The van der Waals surface area contributed by atoms with Crippen LogP contribution in [0.25, 0.3) is 0 Å². The van der Waals surface area contributed by atoms with Crippen LogP contribution < -0.4 is 5.73 Å². The SMILES string of the molecule is CC1(C(N)Cc2ccc(Br)cc2)CCCS1. The number of benzene rings is 1.